The highest BCUT2D eigenvalue weighted by molar-refractivity contribution is 5.88. The molecule has 1 aliphatic rings. The number of methoxy groups -OCH3 is 2. The van der Waals surface area contributed by atoms with Crippen LogP contribution in [0.4, 0.5) is 0 Å². The van der Waals surface area contributed by atoms with Gasteiger partial charge in [-0.2, -0.15) is 0 Å². The molecule has 3 rings (SSSR count). The van der Waals surface area contributed by atoms with Crippen LogP contribution in [0.3, 0.4) is 0 Å². The number of aromatic nitrogens is 1. The third-order valence-electron chi connectivity index (χ3n) is 5.14. The van der Waals surface area contributed by atoms with Gasteiger partial charge in [0.1, 0.15) is 0 Å². The van der Waals surface area contributed by atoms with Crippen LogP contribution in [0.15, 0.2) is 42.7 Å². The van der Waals surface area contributed by atoms with E-state index in [0.29, 0.717) is 44.1 Å². The van der Waals surface area contributed by atoms with E-state index in [1.54, 1.807) is 26.6 Å². The normalized spacial score (nSPS) is 16.6. The summed E-state index contributed by atoms with van der Waals surface area (Å²) >= 11 is 0. The first-order chi connectivity index (χ1) is 14.6. The number of carbonyl (C=O) groups is 2. The Bertz CT molecular complexity index is 859. The van der Waals surface area contributed by atoms with Crippen LogP contribution in [0.25, 0.3) is 0 Å². The predicted octanol–water partition coefficient (Wildman–Crippen LogP) is 1.15. The lowest BCUT2D eigenvalue weighted by Crippen LogP contribution is -2.56. The maximum atomic E-state index is 12.5. The number of ether oxygens (including phenoxy) is 2. The zero-order chi connectivity index (χ0) is 21.3. The summed E-state index contributed by atoms with van der Waals surface area (Å²) in [6.07, 6.45) is 4.30. The molecule has 0 saturated carbocycles. The van der Waals surface area contributed by atoms with Crippen LogP contribution >= 0.6 is 0 Å². The lowest BCUT2D eigenvalue weighted by atomic mass is 10.1. The molecule has 1 saturated heterocycles. The number of hydrogen-bond acceptors (Lipinski definition) is 6. The maximum absolute atomic E-state index is 12.5. The van der Waals surface area contributed by atoms with Crippen molar-refractivity contribution in [2.75, 3.05) is 33.9 Å². The van der Waals surface area contributed by atoms with E-state index in [4.69, 9.17) is 9.47 Å². The van der Waals surface area contributed by atoms with Crippen molar-refractivity contribution in [3.05, 3.63) is 53.9 Å². The molecule has 1 fully saturated rings. The smallest absolute Gasteiger partial charge is 0.237 e. The van der Waals surface area contributed by atoms with Crippen LogP contribution in [0.5, 0.6) is 11.5 Å². The predicted molar refractivity (Wildman–Crippen MR) is 112 cm³/mol. The Hall–Kier alpha value is -3.13. The molecule has 8 heteroatoms. The van der Waals surface area contributed by atoms with E-state index in [2.05, 4.69) is 15.6 Å². The first kappa shape index (κ1) is 21.6. The molecule has 2 heterocycles. The molecule has 0 aliphatic carbocycles. The van der Waals surface area contributed by atoms with Gasteiger partial charge in [0.05, 0.1) is 26.7 Å². The molecular formula is C22H28N4O4. The fourth-order valence-electron chi connectivity index (χ4n) is 3.61. The minimum absolute atomic E-state index is 0.102. The van der Waals surface area contributed by atoms with Crippen molar-refractivity contribution in [3.8, 4) is 11.5 Å². The lowest BCUT2D eigenvalue weighted by molar-refractivity contribution is -0.134. The number of pyridine rings is 1. The number of carbonyl (C=O) groups excluding carboxylic acids is 2. The van der Waals surface area contributed by atoms with E-state index >= 15 is 0 Å². The Balaban J connectivity index is 1.62. The molecule has 1 aromatic heterocycles. The van der Waals surface area contributed by atoms with Gasteiger partial charge in [0.25, 0.3) is 0 Å². The summed E-state index contributed by atoms with van der Waals surface area (Å²) in [6, 6.07) is 8.97. The summed E-state index contributed by atoms with van der Waals surface area (Å²) in [5.41, 5.74) is 1.97. The van der Waals surface area contributed by atoms with Crippen LogP contribution < -0.4 is 20.1 Å². The fourth-order valence-corrected chi connectivity index (χ4v) is 3.61. The van der Waals surface area contributed by atoms with Crippen molar-refractivity contribution >= 4 is 11.8 Å². The van der Waals surface area contributed by atoms with Crippen LogP contribution in [0.2, 0.25) is 0 Å². The van der Waals surface area contributed by atoms with Gasteiger partial charge in [0.15, 0.2) is 11.5 Å². The molecular weight excluding hydrogens is 384 g/mol. The first-order valence-electron chi connectivity index (χ1n) is 9.99. The van der Waals surface area contributed by atoms with Crippen LogP contribution in [0.1, 0.15) is 17.5 Å². The summed E-state index contributed by atoms with van der Waals surface area (Å²) in [4.78, 5) is 31.1. The third-order valence-corrected chi connectivity index (χ3v) is 5.14. The second kappa shape index (κ2) is 10.6. The Morgan fingerprint density at radius 2 is 2.13 bits per heavy atom. The molecule has 8 nitrogen and oxygen atoms in total. The highest BCUT2D eigenvalue weighted by atomic mass is 16.5. The van der Waals surface area contributed by atoms with E-state index in [-0.39, 0.29) is 18.2 Å². The van der Waals surface area contributed by atoms with E-state index in [9.17, 15) is 9.59 Å². The molecule has 0 radical (unpaired) electrons. The summed E-state index contributed by atoms with van der Waals surface area (Å²) in [6.45, 7) is 2.19. The number of rotatable bonds is 9. The van der Waals surface area contributed by atoms with Crippen molar-refractivity contribution in [3.63, 3.8) is 0 Å². The molecule has 2 aromatic rings. The van der Waals surface area contributed by atoms with Crippen molar-refractivity contribution in [2.24, 2.45) is 0 Å². The number of amides is 2. The Morgan fingerprint density at radius 1 is 1.27 bits per heavy atom. The number of para-hydroxylation sites is 1. The number of nitrogens with zero attached hydrogens (tertiary/aromatic N) is 2. The monoisotopic (exact) mass is 412 g/mol. The van der Waals surface area contributed by atoms with E-state index in [0.717, 1.165) is 11.1 Å². The first-order valence-corrected chi connectivity index (χ1v) is 9.99. The largest absolute Gasteiger partial charge is 0.493 e. The van der Waals surface area contributed by atoms with Crippen LogP contribution in [0, 0.1) is 0 Å². The molecule has 2 amide bonds. The van der Waals surface area contributed by atoms with Gasteiger partial charge in [0.2, 0.25) is 11.8 Å². The molecule has 160 valence electrons. The Labute approximate surface area is 176 Å². The number of benzene rings is 1. The SMILES string of the molecule is COc1cccc(CN2CCNC(=O)[C@@H]2CC(=O)NCCc2cccnc2)c1OC. The zero-order valence-corrected chi connectivity index (χ0v) is 17.4. The van der Waals surface area contributed by atoms with Gasteiger partial charge < -0.3 is 20.1 Å². The molecule has 1 atom stereocenters. The highest BCUT2D eigenvalue weighted by Gasteiger charge is 2.32. The number of nitrogens with one attached hydrogen (secondary N) is 2. The van der Waals surface area contributed by atoms with Crippen molar-refractivity contribution in [1.29, 1.82) is 0 Å². The zero-order valence-electron chi connectivity index (χ0n) is 17.4. The van der Waals surface area contributed by atoms with Gasteiger partial charge in [-0.05, 0) is 24.1 Å². The van der Waals surface area contributed by atoms with E-state index < -0.39 is 6.04 Å². The molecule has 2 N–H and O–H groups in total. The minimum Gasteiger partial charge on any atom is -0.493 e. The van der Waals surface area contributed by atoms with Gasteiger partial charge in [-0.15, -0.1) is 0 Å². The van der Waals surface area contributed by atoms with Gasteiger partial charge >= 0.3 is 0 Å². The van der Waals surface area contributed by atoms with Crippen molar-refractivity contribution in [1.82, 2.24) is 20.5 Å². The average Bonchev–Trinajstić information content (AvgIpc) is 2.76. The van der Waals surface area contributed by atoms with E-state index in [1.165, 1.54) is 0 Å². The highest BCUT2D eigenvalue weighted by Crippen LogP contribution is 2.32. The molecule has 0 bridgehead atoms. The Kier molecular flexibility index (Phi) is 7.62. The quantitative estimate of drug-likeness (QED) is 0.642. The molecule has 0 spiro atoms. The second-order valence-electron chi connectivity index (χ2n) is 7.10. The summed E-state index contributed by atoms with van der Waals surface area (Å²) in [5, 5.41) is 5.77. The topological polar surface area (TPSA) is 92.8 Å². The van der Waals surface area contributed by atoms with Gasteiger partial charge in [-0.3, -0.25) is 19.5 Å². The third kappa shape index (κ3) is 5.48. The Morgan fingerprint density at radius 3 is 2.87 bits per heavy atom. The molecule has 30 heavy (non-hydrogen) atoms. The lowest BCUT2D eigenvalue weighted by Gasteiger charge is -2.35. The standard InChI is InChI=1S/C22H28N4O4/c1-29-19-7-3-6-17(21(19)30-2)15-26-12-11-25-22(28)18(26)13-20(27)24-10-8-16-5-4-9-23-14-16/h3-7,9,14,18H,8,10-13,15H2,1-2H3,(H,24,27)(H,25,28)/t18-/m0/s1. The van der Waals surface area contributed by atoms with Crippen LogP contribution in [-0.2, 0) is 22.6 Å². The minimum atomic E-state index is -0.534. The van der Waals surface area contributed by atoms with Crippen molar-refractivity contribution in [2.45, 2.75) is 25.4 Å². The number of hydrogen-bond donors (Lipinski definition) is 2. The summed E-state index contributed by atoms with van der Waals surface area (Å²) in [7, 11) is 3.19. The number of piperazine rings is 1. The van der Waals surface area contributed by atoms with Gasteiger partial charge in [-0.1, -0.05) is 18.2 Å². The average molecular weight is 412 g/mol. The maximum Gasteiger partial charge on any atom is 0.237 e. The molecule has 1 aliphatic heterocycles. The van der Waals surface area contributed by atoms with Crippen LogP contribution in [-0.4, -0.2) is 61.6 Å². The van der Waals surface area contributed by atoms with Crippen molar-refractivity contribution < 1.29 is 19.1 Å². The molecule has 0 unspecified atom stereocenters. The van der Waals surface area contributed by atoms with Gasteiger partial charge in [0, 0.05) is 44.1 Å². The van der Waals surface area contributed by atoms with Gasteiger partial charge in [-0.25, -0.2) is 0 Å². The fraction of sp³-hybridized carbons (Fsp3) is 0.409. The summed E-state index contributed by atoms with van der Waals surface area (Å²) in [5.74, 6) is 1.00. The summed E-state index contributed by atoms with van der Waals surface area (Å²) < 4.78 is 10.9. The molecule has 1 aromatic carbocycles. The second-order valence-corrected chi connectivity index (χ2v) is 7.10. The van der Waals surface area contributed by atoms with E-state index in [1.807, 2.05) is 35.2 Å².